The van der Waals surface area contributed by atoms with Crippen LogP contribution in [0.2, 0.25) is 0 Å². The Balaban J connectivity index is 1.57. The summed E-state index contributed by atoms with van der Waals surface area (Å²) in [5.41, 5.74) is 1.05. The van der Waals surface area contributed by atoms with Crippen LogP contribution >= 0.6 is 11.8 Å². The van der Waals surface area contributed by atoms with Gasteiger partial charge in [0, 0.05) is 29.2 Å². The Hall–Kier alpha value is -2.25. The Bertz CT molecular complexity index is 862. The van der Waals surface area contributed by atoms with Gasteiger partial charge in [-0.1, -0.05) is 30.0 Å². The Morgan fingerprint density at radius 1 is 1.21 bits per heavy atom. The summed E-state index contributed by atoms with van der Waals surface area (Å²) in [4.78, 5) is 15.4. The van der Waals surface area contributed by atoms with Crippen molar-refractivity contribution in [2.75, 3.05) is 25.5 Å². The van der Waals surface area contributed by atoms with Gasteiger partial charge in [-0.25, -0.2) is 0 Å². The highest BCUT2D eigenvalue weighted by molar-refractivity contribution is 7.99. The van der Waals surface area contributed by atoms with Crippen molar-refractivity contribution in [2.45, 2.75) is 41.6 Å². The van der Waals surface area contributed by atoms with Gasteiger partial charge in [-0.3, -0.25) is 15.0 Å². The first kappa shape index (κ1) is 19.1. The molecule has 0 saturated carbocycles. The van der Waals surface area contributed by atoms with Gasteiger partial charge >= 0.3 is 5.69 Å². The first-order chi connectivity index (χ1) is 13.6. The molecular formula is C21H25N3O3S. The number of nitro groups is 1. The molecule has 0 radical (unpaired) electrons. The first-order valence-electron chi connectivity index (χ1n) is 9.65. The molecule has 2 aromatic rings. The monoisotopic (exact) mass is 399 g/mol. The fourth-order valence-electron chi connectivity index (χ4n) is 4.42. The predicted molar refractivity (Wildman–Crippen MR) is 111 cm³/mol. The average Bonchev–Trinajstić information content (AvgIpc) is 2.90. The molecule has 2 heterocycles. The molecule has 4 unspecified atom stereocenters. The maximum atomic E-state index is 11.6. The molecule has 2 saturated heterocycles. The number of rotatable bonds is 6. The number of fused-ring (bicyclic) bond motifs is 2. The molecule has 0 spiro atoms. The van der Waals surface area contributed by atoms with E-state index in [0.717, 1.165) is 23.0 Å². The lowest BCUT2D eigenvalue weighted by molar-refractivity contribution is -0.388. The molecular weight excluding hydrogens is 374 g/mol. The van der Waals surface area contributed by atoms with E-state index in [0.29, 0.717) is 17.0 Å². The minimum Gasteiger partial charge on any atom is -0.490 e. The summed E-state index contributed by atoms with van der Waals surface area (Å²) in [6, 6.07) is 14.3. The zero-order valence-corrected chi connectivity index (χ0v) is 16.9. The number of nitro benzene ring substituents is 1. The van der Waals surface area contributed by atoms with E-state index >= 15 is 0 Å². The molecule has 2 bridgehead atoms. The van der Waals surface area contributed by atoms with Gasteiger partial charge in [-0.05, 0) is 56.5 Å². The highest BCUT2D eigenvalue weighted by atomic mass is 32.2. The molecule has 7 heteroatoms. The van der Waals surface area contributed by atoms with Crippen molar-refractivity contribution >= 4 is 23.1 Å². The molecule has 2 fully saturated rings. The standard InChI is InChI=1S/C21H25N3O3S/c1-14-15-10-11-23(14)13-16(12-15)22-17-6-3-4-8-19(17)28-20-9-5-7-18(27-2)21(20)24(25)26/h3-9,14-16,22H,10-13H2,1-2H3. The van der Waals surface area contributed by atoms with E-state index in [1.165, 1.54) is 38.3 Å². The molecule has 0 aliphatic carbocycles. The number of para-hydroxylation sites is 2. The van der Waals surface area contributed by atoms with E-state index < -0.39 is 0 Å². The fourth-order valence-corrected chi connectivity index (χ4v) is 5.46. The number of nitrogens with one attached hydrogen (secondary N) is 1. The van der Waals surface area contributed by atoms with Crippen molar-refractivity contribution in [2.24, 2.45) is 5.92 Å². The number of benzene rings is 2. The lowest BCUT2D eigenvalue weighted by atomic mass is 9.90. The number of methoxy groups -OCH3 is 1. The zero-order valence-electron chi connectivity index (χ0n) is 16.1. The second-order valence-electron chi connectivity index (χ2n) is 7.52. The summed E-state index contributed by atoms with van der Waals surface area (Å²) in [6.07, 6.45) is 2.46. The average molecular weight is 400 g/mol. The van der Waals surface area contributed by atoms with E-state index in [1.54, 1.807) is 18.2 Å². The van der Waals surface area contributed by atoms with Gasteiger partial charge in [-0.2, -0.15) is 0 Å². The Morgan fingerprint density at radius 3 is 2.75 bits per heavy atom. The van der Waals surface area contributed by atoms with Crippen LogP contribution in [0.1, 0.15) is 19.8 Å². The molecule has 28 heavy (non-hydrogen) atoms. The molecule has 6 nitrogen and oxygen atoms in total. The van der Waals surface area contributed by atoms with Gasteiger partial charge in [0.1, 0.15) is 0 Å². The normalized spacial score (nSPS) is 26.1. The highest BCUT2D eigenvalue weighted by Crippen LogP contribution is 2.43. The van der Waals surface area contributed by atoms with Crippen LogP contribution in [0.5, 0.6) is 5.75 Å². The zero-order chi connectivity index (χ0) is 19.7. The van der Waals surface area contributed by atoms with Crippen LogP contribution in [0.4, 0.5) is 11.4 Å². The number of piperidine rings is 1. The van der Waals surface area contributed by atoms with E-state index in [-0.39, 0.29) is 16.4 Å². The number of hydrogen-bond acceptors (Lipinski definition) is 6. The highest BCUT2D eigenvalue weighted by Gasteiger charge is 2.38. The van der Waals surface area contributed by atoms with Crippen molar-refractivity contribution in [1.29, 1.82) is 0 Å². The molecule has 0 aromatic heterocycles. The van der Waals surface area contributed by atoms with Gasteiger partial charge < -0.3 is 10.1 Å². The predicted octanol–water partition coefficient (Wildman–Crippen LogP) is 4.65. The van der Waals surface area contributed by atoms with Crippen LogP contribution in [0.15, 0.2) is 52.3 Å². The maximum Gasteiger partial charge on any atom is 0.324 e. The summed E-state index contributed by atoms with van der Waals surface area (Å²) in [6.45, 7) is 4.58. The van der Waals surface area contributed by atoms with Gasteiger partial charge in [0.2, 0.25) is 0 Å². The molecule has 1 N–H and O–H groups in total. The molecule has 4 rings (SSSR count). The minimum absolute atomic E-state index is 0.0143. The van der Waals surface area contributed by atoms with E-state index in [4.69, 9.17) is 4.74 Å². The van der Waals surface area contributed by atoms with E-state index in [2.05, 4.69) is 23.2 Å². The SMILES string of the molecule is COc1cccc(Sc2ccccc2NC2CC3CCN(C2)C3C)c1[N+](=O)[O-]. The summed E-state index contributed by atoms with van der Waals surface area (Å²) in [5.74, 6) is 1.04. The third-order valence-corrected chi connectivity index (χ3v) is 7.04. The Morgan fingerprint density at radius 2 is 2.00 bits per heavy atom. The smallest absolute Gasteiger partial charge is 0.324 e. The molecule has 2 aliphatic heterocycles. The number of nitrogens with zero attached hydrogens (tertiary/aromatic N) is 2. The lowest BCUT2D eigenvalue weighted by Gasteiger charge is -2.36. The molecule has 0 amide bonds. The Labute approximate surface area is 169 Å². The summed E-state index contributed by atoms with van der Waals surface area (Å²) < 4.78 is 5.20. The van der Waals surface area contributed by atoms with Crippen molar-refractivity contribution in [1.82, 2.24) is 4.90 Å². The van der Waals surface area contributed by atoms with Crippen LogP contribution in [0.25, 0.3) is 0 Å². The third-order valence-electron chi connectivity index (χ3n) is 5.92. The van der Waals surface area contributed by atoms with E-state index in [1.807, 2.05) is 18.2 Å². The fraction of sp³-hybridized carbons (Fsp3) is 0.429. The third kappa shape index (κ3) is 3.69. The summed E-state index contributed by atoms with van der Waals surface area (Å²) in [5, 5.41) is 15.3. The first-order valence-corrected chi connectivity index (χ1v) is 10.5. The van der Waals surface area contributed by atoms with Crippen LogP contribution in [-0.4, -0.2) is 42.1 Å². The minimum atomic E-state index is -0.370. The van der Waals surface area contributed by atoms with Gasteiger partial charge in [0.15, 0.2) is 5.75 Å². The van der Waals surface area contributed by atoms with Crippen LogP contribution in [-0.2, 0) is 0 Å². The topological polar surface area (TPSA) is 67.6 Å². The maximum absolute atomic E-state index is 11.6. The van der Waals surface area contributed by atoms with Crippen LogP contribution in [0.3, 0.4) is 0 Å². The van der Waals surface area contributed by atoms with E-state index in [9.17, 15) is 10.1 Å². The van der Waals surface area contributed by atoms with Gasteiger partial charge in [0.05, 0.1) is 16.9 Å². The molecule has 148 valence electrons. The van der Waals surface area contributed by atoms with Crippen LogP contribution < -0.4 is 10.1 Å². The Kier molecular flexibility index (Phi) is 5.46. The van der Waals surface area contributed by atoms with Gasteiger partial charge in [-0.15, -0.1) is 0 Å². The summed E-state index contributed by atoms with van der Waals surface area (Å²) in [7, 11) is 1.46. The lowest BCUT2D eigenvalue weighted by Crippen LogP contribution is -2.45. The van der Waals surface area contributed by atoms with Crippen LogP contribution in [0, 0.1) is 16.0 Å². The van der Waals surface area contributed by atoms with Crippen molar-refractivity contribution in [3.05, 3.63) is 52.6 Å². The molecule has 2 aliphatic rings. The number of hydrogen-bond donors (Lipinski definition) is 1. The van der Waals surface area contributed by atoms with Crippen molar-refractivity contribution < 1.29 is 9.66 Å². The number of ether oxygens (including phenoxy) is 1. The molecule has 4 atom stereocenters. The van der Waals surface area contributed by atoms with Crippen molar-refractivity contribution in [3.8, 4) is 5.75 Å². The second-order valence-corrected chi connectivity index (χ2v) is 8.61. The molecule has 2 aromatic carbocycles. The largest absolute Gasteiger partial charge is 0.490 e. The summed E-state index contributed by atoms with van der Waals surface area (Å²) >= 11 is 1.41. The van der Waals surface area contributed by atoms with Crippen molar-refractivity contribution in [3.63, 3.8) is 0 Å². The number of anilines is 1. The van der Waals surface area contributed by atoms with Gasteiger partial charge in [0.25, 0.3) is 0 Å². The quantitative estimate of drug-likeness (QED) is 0.563. The second kappa shape index (κ2) is 8.01.